The van der Waals surface area contributed by atoms with Gasteiger partial charge in [0.25, 0.3) is 11.8 Å². The van der Waals surface area contributed by atoms with Crippen LogP contribution in [0.2, 0.25) is 0 Å². The number of pyridine rings is 2. The van der Waals surface area contributed by atoms with E-state index in [4.69, 9.17) is 4.42 Å². The molecular weight excluding hydrogens is 325 g/mol. The Kier molecular flexibility index (Phi) is 3.72. The van der Waals surface area contributed by atoms with Gasteiger partial charge in [0.15, 0.2) is 6.17 Å². The van der Waals surface area contributed by atoms with Gasteiger partial charge in [0.1, 0.15) is 0 Å². The summed E-state index contributed by atoms with van der Waals surface area (Å²) in [4.78, 5) is 22.7. The van der Waals surface area contributed by atoms with Gasteiger partial charge in [0, 0.05) is 25.1 Å². The number of nitrogens with zero attached hydrogens (tertiary/aromatic N) is 5. The van der Waals surface area contributed by atoms with E-state index in [1.807, 2.05) is 12.1 Å². The maximum Gasteiger partial charge on any atom is 0.256 e. The molecule has 1 atom stereocenters. The lowest BCUT2D eigenvalue weighted by atomic mass is 10.1. The van der Waals surface area contributed by atoms with Gasteiger partial charge in [0.2, 0.25) is 5.89 Å². The minimum absolute atomic E-state index is 0.0962. The molecule has 0 N–H and O–H groups in total. The first-order chi connectivity index (χ1) is 12.1. The lowest BCUT2D eigenvalue weighted by Gasteiger charge is -2.14. The average Bonchev–Trinajstić information content (AvgIpc) is 3.22. The third kappa shape index (κ3) is 2.86. The number of carbonyl (C=O) groups is 1. The molecule has 0 fully saturated rings. The Balaban J connectivity index is 1.59. The Morgan fingerprint density at radius 2 is 2.12 bits per heavy atom. The maximum atomic E-state index is 13.2. The number of rotatable bonds is 4. The van der Waals surface area contributed by atoms with Gasteiger partial charge in [-0.1, -0.05) is 0 Å². The summed E-state index contributed by atoms with van der Waals surface area (Å²) in [6.07, 6.45) is 3.60. The second-order valence-corrected chi connectivity index (χ2v) is 5.80. The number of carbonyl (C=O) groups excluding carboxylic acids is 1. The van der Waals surface area contributed by atoms with Crippen LogP contribution in [0.25, 0.3) is 11.5 Å². The van der Waals surface area contributed by atoms with Gasteiger partial charge < -0.3 is 9.32 Å². The zero-order valence-electron chi connectivity index (χ0n) is 13.4. The number of fused-ring (bicyclic) bond motifs is 1. The van der Waals surface area contributed by atoms with E-state index >= 15 is 0 Å². The molecule has 25 heavy (non-hydrogen) atoms. The fourth-order valence-corrected chi connectivity index (χ4v) is 2.69. The molecule has 0 saturated carbocycles. The zero-order valence-corrected chi connectivity index (χ0v) is 13.4. The molecule has 1 unspecified atom stereocenters. The first kappa shape index (κ1) is 15.4. The number of hydrogen-bond acceptors (Lipinski definition) is 6. The van der Waals surface area contributed by atoms with Crippen molar-refractivity contribution in [1.82, 2.24) is 25.1 Å². The minimum atomic E-state index is -1.35. The molecule has 0 saturated heterocycles. The summed E-state index contributed by atoms with van der Waals surface area (Å²) in [6.45, 7) is 2.24. The van der Waals surface area contributed by atoms with E-state index in [2.05, 4.69) is 20.2 Å². The molecule has 8 heteroatoms. The molecule has 0 aliphatic carbocycles. The van der Waals surface area contributed by atoms with Crippen LogP contribution in [0.3, 0.4) is 0 Å². The normalized spacial score (nSPS) is 14.6. The minimum Gasteiger partial charge on any atom is -0.417 e. The summed E-state index contributed by atoms with van der Waals surface area (Å²) in [6, 6.07) is 5.40. The summed E-state index contributed by atoms with van der Waals surface area (Å²) >= 11 is 0. The Morgan fingerprint density at radius 1 is 1.32 bits per heavy atom. The average molecular weight is 339 g/mol. The number of halogens is 1. The molecule has 1 aliphatic rings. The summed E-state index contributed by atoms with van der Waals surface area (Å²) in [7, 11) is 0. The van der Waals surface area contributed by atoms with Crippen LogP contribution in [0.4, 0.5) is 4.39 Å². The van der Waals surface area contributed by atoms with Crippen molar-refractivity contribution in [2.75, 3.05) is 0 Å². The number of aromatic nitrogens is 4. The van der Waals surface area contributed by atoms with Crippen molar-refractivity contribution in [2.24, 2.45) is 0 Å². The van der Waals surface area contributed by atoms with Crippen LogP contribution >= 0.6 is 0 Å². The predicted molar refractivity (Wildman–Crippen MR) is 84.9 cm³/mol. The quantitative estimate of drug-likeness (QED) is 0.726. The molecule has 3 aromatic heterocycles. The molecule has 4 rings (SSSR count). The molecule has 1 aliphatic heterocycles. The first-order valence-electron chi connectivity index (χ1n) is 7.77. The van der Waals surface area contributed by atoms with E-state index in [0.29, 0.717) is 29.9 Å². The zero-order chi connectivity index (χ0) is 17.4. The highest BCUT2D eigenvalue weighted by Gasteiger charge is 2.29. The highest BCUT2D eigenvalue weighted by Crippen LogP contribution is 2.28. The molecule has 3 aromatic rings. The molecule has 0 radical (unpaired) electrons. The Morgan fingerprint density at radius 3 is 2.84 bits per heavy atom. The SMILES string of the molecule is CC(F)c1nnc(-c2cnc3c(c2)C(=O)N(Cc2ccncc2)C3)o1. The van der Waals surface area contributed by atoms with E-state index < -0.39 is 6.17 Å². The number of amides is 1. The van der Waals surface area contributed by atoms with Crippen molar-refractivity contribution >= 4 is 5.91 Å². The monoisotopic (exact) mass is 339 g/mol. The summed E-state index contributed by atoms with van der Waals surface area (Å²) in [5.74, 6) is -0.0592. The van der Waals surface area contributed by atoms with Crippen molar-refractivity contribution in [3.05, 3.63) is 59.5 Å². The summed E-state index contributed by atoms with van der Waals surface area (Å²) < 4.78 is 18.5. The topological polar surface area (TPSA) is 85.0 Å². The van der Waals surface area contributed by atoms with Crippen LogP contribution < -0.4 is 0 Å². The van der Waals surface area contributed by atoms with Crippen LogP contribution in [-0.4, -0.2) is 31.0 Å². The second kappa shape index (κ2) is 6.04. The van der Waals surface area contributed by atoms with Crippen LogP contribution in [0, 0.1) is 0 Å². The molecule has 0 aromatic carbocycles. The molecule has 4 heterocycles. The van der Waals surface area contributed by atoms with Crippen molar-refractivity contribution in [2.45, 2.75) is 26.2 Å². The molecular formula is C17H14FN5O2. The smallest absolute Gasteiger partial charge is 0.256 e. The van der Waals surface area contributed by atoms with Crippen molar-refractivity contribution in [3.63, 3.8) is 0 Å². The predicted octanol–water partition coefficient (Wildman–Crippen LogP) is 2.71. The third-order valence-electron chi connectivity index (χ3n) is 3.98. The Hall–Kier alpha value is -3.16. The molecule has 126 valence electrons. The largest absolute Gasteiger partial charge is 0.417 e. The summed E-state index contributed by atoms with van der Waals surface area (Å²) in [5.41, 5.74) is 2.69. The van der Waals surface area contributed by atoms with E-state index in [1.165, 1.54) is 6.92 Å². The second-order valence-electron chi connectivity index (χ2n) is 5.80. The molecule has 7 nitrogen and oxygen atoms in total. The van der Waals surface area contributed by atoms with E-state index in [9.17, 15) is 9.18 Å². The van der Waals surface area contributed by atoms with Gasteiger partial charge in [-0.15, -0.1) is 10.2 Å². The molecule has 0 bridgehead atoms. The van der Waals surface area contributed by atoms with E-state index in [1.54, 1.807) is 29.6 Å². The number of hydrogen-bond donors (Lipinski definition) is 0. The van der Waals surface area contributed by atoms with E-state index in [0.717, 1.165) is 5.56 Å². The van der Waals surface area contributed by atoms with Gasteiger partial charge in [-0.25, -0.2) is 4.39 Å². The van der Waals surface area contributed by atoms with Gasteiger partial charge in [-0.2, -0.15) is 0 Å². The van der Waals surface area contributed by atoms with Gasteiger partial charge in [-0.3, -0.25) is 14.8 Å². The Labute approximate surface area is 142 Å². The lowest BCUT2D eigenvalue weighted by molar-refractivity contribution is 0.0766. The van der Waals surface area contributed by atoms with Gasteiger partial charge in [0.05, 0.1) is 23.4 Å². The highest BCUT2D eigenvalue weighted by atomic mass is 19.1. The van der Waals surface area contributed by atoms with Crippen molar-refractivity contribution in [1.29, 1.82) is 0 Å². The standard InChI is InChI=1S/C17H14FN5O2/c1-10(18)15-21-22-16(25-15)12-6-13-14(20-7-12)9-23(17(13)24)8-11-2-4-19-5-3-11/h2-7,10H,8-9H2,1H3. The van der Waals surface area contributed by atoms with Crippen LogP contribution in [-0.2, 0) is 13.1 Å². The van der Waals surface area contributed by atoms with Crippen molar-refractivity contribution in [3.8, 4) is 11.5 Å². The van der Waals surface area contributed by atoms with E-state index in [-0.39, 0.29) is 17.7 Å². The lowest BCUT2D eigenvalue weighted by Crippen LogP contribution is -2.23. The van der Waals surface area contributed by atoms with Crippen LogP contribution in [0.5, 0.6) is 0 Å². The summed E-state index contributed by atoms with van der Waals surface area (Å²) in [5, 5.41) is 7.47. The third-order valence-corrected chi connectivity index (χ3v) is 3.98. The van der Waals surface area contributed by atoms with Gasteiger partial charge in [-0.05, 0) is 30.7 Å². The number of alkyl halides is 1. The highest BCUT2D eigenvalue weighted by molar-refractivity contribution is 5.98. The van der Waals surface area contributed by atoms with Crippen LogP contribution in [0.15, 0.2) is 41.2 Å². The van der Waals surface area contributed by atoms with Crippen molar-refractivity contribution < 1.29 is 13.6 Å². The van der Waals surface area contributed by atoms with Gasteiger partial charge >= 0.3 is 0 Å². The molecule has 1 amide bonds. The Bertz CT molecular complexity index is 926. The first-order valence-corrected chi connectivity index (χ1v) is 7.77. The molecule has 0 spiro atoms. The van der Waals surface area contributed by atoms with Crippen LogP contribution in [0.1, 0.15) is 40.6 Å². The maximum absolute atomic E-state index is 13.2. The fourth-order valence-electron chi connectivity index (χ4n) is 2.69. The fraction of sp³-hybridized carbons (Fsp3) is 0.235.